The first-order valence-corrected chi connectivity index (χ1v) is 7.66. The van der Waals surface area contributed by atoms with Gasteiger partial charge in [0.1, 0.15) is 0 Å². The van der Waals surface area contributed by atoms with Gasteiger partial charge < -0.3 is 10.6 Å². The van der Waals surface area contributed by atoms with Gasteiger partial charge in [0.15, 0.2) is 0 Å². The first-order valence-electron chi connectivity index (χ1n) is 7.66. The minimum atomic E-state index is -0.585. The van der Waals surface area contributed by atoms with E-state index in [2.05, 4.69) is 17.6 Å². The van der Waals surface area contributed by atoms with Gasteiger partial charge >= 0.3 is 11.8 Å². The summed E-state index contributed by atoms with van der Waals surface area (Å²) in [5, 5.41) is 5.54. The molecule has 0 radical (unpaired) electrons. The van der Waals surface area contributed by atoms with E-state index in [1.54, 1.807) is 0 Å². The Labute approximate surface area is 126 Å². The Kier molecular flexibility index (Phi) is 4.99. The molecule has 0 unspecified atom stereocenters. The summed E-state index contributed by atoms with van der Waals surface area (Å²) >= 11 is 0. The number of benzene rings is 1. The lowest BCUT2D eigenvalue weighted by Crippen LogP contribution is -2.45. The first-order chi connectivity index (χ1) is 9.95. The Hall–Kier alpha value is -1.84. The van der Waals surface area contributed by atoms with Crippen molar-refractivity contribution < 1.29 is 9.59 Å². The lowest BCUT2D eigenvalue weighted by Gasteiger charge is -2.29. The van der Waals surface area contributed by atoms with Gasteiger partial charge in [-0.25, -0.2) is 0 Å². The summed E-state index contributed by atoms with van der Waals surface area (Å²) in [5.41, 5.74) is 2.79. The number of hydrogen-bond donors (Lipinski definition) is 2. The highest BCUT2D eigenvalue weighted by atomic mass is 16.2. The number of hydrogen-bond acceptors (Lipinski definition) is 2. The number of carbonyl (C=O) groups excluding carboxylic acids is 2. The molecule has 1 fully saturated rings. The largest absolute Gasteiger partial charge is 0.345 e. The Bertz CT molecular complexity index is 519. The van der Waals surface area contributed by atoms with E-state index in [0.29, 0.717) is 11.6 Å². The van der Waals surface area contributed by atoms with Crippen LogP contribution in [0.1, 0.15) is 43.7 Å². The van der Waals surface area contributed by atoms with Crippen molar-refractivity contribution in [3.63, 3.8) is 0 Å². The molecule has 0 aliphatic heterocycles. The molecular weight excluding hydrogens is 264 g/mol. The van der Waals surface area contributed by atoms with E-state index in [-0.39, 0.29) is 6.04 Å². The van der Waals surface area contributed by atoms with Crippen LogP contribution >= 0.6 is 0 Å². The van der Waals surface area contributed by atoms with Crippen LogP contribution in [0.25, 0.3) is 0 Å². The van der Waals surface area contributed by atoms with Crippen molar-refractivity contribution in [1.82, 2.24) is 5.32 Å². The summed E-state index contributed by atoms with van der Waals surface area (Å²) in [7, 11) is 0. The second kappa shape index (κ2) is 6.74. The van der Waals surface area contributed by atoms with Gasteiger partial charge in [-0.15, -0.1) is 0 Å². The molecule has 1 aromatic carbocycles. The number of rotatable bonds is 2. The number of nitrogens with one attached hydrogen (secondary N) is 2. The number of anilines is 1. The smallest absolute Gasteiger partial charge is 0.313 e. The number of carbonyl (C=O) groups is 2. The highest BCUT2D eigenvalue weighted by molar-refractivity contribution is 6.39. The Morgan fingerprint density at radius 2 is 1.62 bits per heavy atom. The third kappa shape index (κ3) is 4.31. The molecule has 1 aromatic rings. The molecule has 0 spiro atoms. The highest BCUT2D eigenvalue weighted by Crippen LogP contribution is 2.23. The van der Waals surface area contributed by atoms with Crippen LogP contribution in [0, 0.1) is 19.8 Å². The molecule has 21 heavy (non-hydrogen) atoms. The summed E-state index contributed by atoms with van der Waals surface area (Å²) in [5.74, 6) is -0.678. The average molecular weight is 288 g/mol. The molecule has 4 nitrogen and oxygen atoms in total. The van der Waals surface area contributed by atoms with E-state index in [9.17, 15) is 9.59 Å². The van der Waals surface area contributed by atoms with Crippen molar-refractivity contribution in [2.45, 2.75) is 52.5 Å². The zero-order valence-electron chi connectivity index (χ0n) is 13.0. The predicted molar refractivity (Wildman–Crippen MR) is 84.1 cm³/mol. The van der Waals surface area contributed by atoms with E-state index in [0.717, 1.165) is 30.4 Å². The molecule has 2 N–H and O–H groups in total. The van der Waals surface area contributed by atoms with Crippen molar-refractivity contribution >= 4 is 17.5 Å². The Balaban J connectivity index is 1.94. The minimum Gasteiger partial charge on any atom is -0.345 e. The molecule has 2 rings (SSSR count). The van der Waals surface area contributed by atoms with E-state index in [1.807, 2.05) is 32.0 Å². The Morgan fingerprint density at radius 3 is 2.24 bits per heavy atom. The molecule has 114 valence electrons. The van der Waals surface area contributed by atoms with Crippen LogP contribution in [0.3, 0.4) is 0 Å². The molecule has 0 saturated heterocycles. The maximum absolute atomic E-state index is 12.0. The number of aryl methyl sites for hydroxylation is 2. The molecule has 1 saturated carbocycles. The van der Waals surface area contributed by atoms with Crippen molar-refractivity contribution in [3.8, 4) is 0 Å². The summed E-state index contributed by atoms with van der Waals surface area (Å²) < 4.78 is 0. The van der Waals surface area contributed by atoms with Crippen LogP contribution in [0.2, 0.25) is 0 Å². The van der Waals surface area contributed by atoms with Crippen molar-refractivity contribution in [2.75, 3.05) is 5.32 Å². The third-order valence-electron chi connectivity index (χ3n) is 4.11. The molecule has 0 aromatic heterocycles. The van der Waals surface area contributed by atoms with Gasteiger partial charge in [0.25, 0.3) is 0 Å². The SMILES string of the molecule is Cc1cc(C)cc(NC(=O)C(=O)N[C@H]2CCCC[C@@H]2C)c1. The van der Waals surface area contributed by atoms with E-state index >= 15 is 0 Å². The maximum atomic E-state index is 12.0. The topological polar surface area (TPSA) is 58.2 Å². The molecule has 1 aliphatic carbocycles. The lowest BCUT2D eigenvalue weighted by atomic mass is 9.86. The molecule has 0 heterocycles. The summed E-state index contributed by atoms with van der Waals surface area (Å²) in [6.45, 7) is 6.06. The number of amides is 2. The zero-order valence-corrected chi connectivity index (χ0v) is 13.0. The van der Waals surface area contributed by atoms with Gasteiger partial charge in [-0.1, -0.05) is 25.8 Å². The monoisotopic (exact) mass is 288 g/mol. The second-order valence-electron chi connectivity index (χ2n) is 6.17. The van der Waals surface area contributed by atoms with E-state index in [4.69, 9.17) is 0 Å². The van der Waals surface area contributed by atoms with Gasteiger partial charge in [-0.2, -0.15) is 0 Å². The fourth-order valence-corrected chi connectivity index (χ4v) is 3.00. The van der Waals surface area contributed by atoms with Gasteiger partial charge in [-0.3, -0.25) is 9.59 Å². The fraction of sp³-hybridized carbons (Fsp3) is 0.529. The van der Waals surface area contributed by atoms with E-state index in [1.165, 1.54) is 6.42 Å². The van der Waals surface area contributed by atoms with Crippen LogP contribution in [0.4, 0.5) is 5.69 Å². The van der Waals surface area contributed by atoms with Crippen molar-refractivity contribution in [2.24, 2.45) is 5.92 Å². The quantitative estimate of drug-likeness (QED) is 0.822. The molecule has 1 aliphatic rings. The highest BCUT2D eigenvalue weighted by Gasteiger charge is 2.25. The van der Waals surface area contributed by atoms with Crippen LogP contribution < -0.4 is 10.6 Å². The third-order valence-corrected chi connectivity index (χ3v) is 4.11. The minimum absolute atomic E-state index is 0.122. The average Bonchev–Trinajstić information content (AvgIpc) is 2.40. The Morgan fingerprint density at radius 1 is 1.00 bits per heavy atom. The molecule has 2 atom stereocenters. The molecule has 0 bridgehead atoms. The standard InChI is InChI=1S/C17H24N2O2/c1-11-8-12(2)10-14(9-11)18-16(20)17(21)19-15-7-5-4-6-13(15)3/h8-10,13,15H,4-7H2,1-3H3,(H,18,20)(H,19,21)/t13-,15-/m0/s1. The van der Waals surface area contributed by atoms with Crippen molar-refractivity contribution in [1.29, 1.82) is 0 Å². The van der Waals surface area contributed by atoms with Crippen LogP contribution in [-0.4, -0.2) is 17.9 Å². The van der Waals surface area contributed by atoms with Gasteiger partial charge in [0.2, 0.25) is 0 Å². The molecule has 4 heteroatoms. The van der Waals surface area contributed by atoms with Crippen LogP contribution in [-0.2, 0) is 9.59 Å². The summed E-state index contributed by atoms with van der Waals surface area (Å²) in [6.07, 6.45) is 4.41. The second-order valence-corrected chi connectivity index (χ2v) is 6.17. The van der Waals surface area contributed by atoms with Gasteiger partial charge in [0, 0.05) is 11.7 Å². The first kappa shape index (κ1) is 15.5. The molecular formula is C17H24N2O2. The summed E-state index contributed by atoms with van der Waals surface area (Å²) in [4.78, 5) is 24.0. The zero-order chi connectivity index (χ0) is 15.4. The van der Waals surface area contributed by atoms with Crippen molar-refractivity contribution in [3.05, 3.63) is 29.3 Å². The fourth-order valence-electron chi connectivity index (χ4n) is 3.00. The lowest BCUT2D eigenvalue weighted by molar-refractivity contribution is -0.137. The normalized spacial score (nSPS) is 21.7. The van der Waals surface area contributed by atoms with E-state index < -0.39 is 11.8 Å². The van der Waals surface area contributed by atoms with Gasteiger partial charge in [-0.05, 0) is 55.9 Å². The van der Waals surface area contributed by atoms with Gasteiger partial charge in [0.05, 0.1) is 0 Å². The predicted octanol–water partition coefficient (Wildman–Crippen LogP) is 2.94. The van der Waals surface area contributed by atoms with Crippen LogP contribution in [0.5, 0.6) is 0 Å². The van der Waals surface area contributed by atoms with Crippen LogP contribution in [0.15, 0.2) is 18.2 Å². The maximum Gasteiger partial charge on any atom is 0.313 e. The summed E-state index contributed by atoms with van der Waals surface area (Å²) in [6, 6.07) is 5.87. The molecule has 2 amide bonds.